The second kappa shape index (κ2) is 6.76. The Kier molecular flexibility index (Phi) is 4.72. The van der Waals surface area contributed by atoms with E-state index in [1.807, 2.05) is 12.1 Å². The number of nitrogens with two attached hydrogens (primary N) is 1. The topological polar surface area (TPSA) is 63.3 Å². The Morgan fingerprint density at radius 2 is 2.33 bits per heavy atom. The van der Waals surface area contributed by atoms with Crippen molar-refractivity contribution in [2.45, 2.75) is 13.0 Å². The molecule has 0 radical (unpaired) electrons. The minimum atomic E-state index is 0.482. The molecule has 2 rings (SSSR count). The number of hydrogen-bond acceptors (Lipinski definition) is 3. The van der Waals surface area contributed by atoms with Crippen LogP contribution in [0.3, 0.4) is 0 Å². The van der Waals surface area contributed by atoms with E-state index in [2.05, 4.69) is 32.8 Å². The molecule has 2 aromatic rings. The number of guanidine groups is 1. The molecule has 0 spiro atoms. The van der Waals surface area contributed by atoms with E-state index in [-0.39, 0.29) is 0 Å². The smallest absolute Gasteiger partial charge is 0.188 e. The Labute approximate surface area is 111 Å². The molecule has 2 heterocycles. The minimum absolute atomic E-state index is 0.482. The fourth-order valence-corrected chi connectivity index (χ4v) is 2.20. The number of rotatable bonds is 5. The van der Waals surface area contributed by atoms with Gasteiger partial charge in [0.15, 0.2) is 5.96 Å². The molecule has 4 nitrogen and oxygen atoms in total. The van der Waals surface area contributed by atoms with Gasteiger partial charge < -0.3 is 11.1 Å². The normalized spacial score (nSPS) is 11.4. The molecule has 0 fully saturated rings. The van der Waals surface area contributed by atoms with Crippen LogP contribution < -0.4 is 11.1 Å². The molecule has 0 atom stereocenters. The number of pyridine rings is 1. The van der Waals surface area contributed by atoms with Crippen LogP contribution in [0.5, 0.6) is 0 Å². The number of nitrogens with one attached hydrogen (secondary N) is 1. The average Bonchev–Trinajstić information content (AvgIpc) is 2.91. The van der Waals surface area contributed by atoms with Crippen molar-refractivity contribution in [3.63, 3.8) is 0 Å². The van der Waals surface area contributed by atoms with Crippen LogP contribution in [0.4, 0.5) is 0 Å². The molecule has 0 aromatic carbocycles. The Balaban J connectivity index is 1.72. The molecule has 0 bridgehead atoms. The fourth-order valence-electron chi connectivity index (χ4n) is 1.49. The fraction of sp³-hybridized carbons (Fsp3) is 0.231. The number of aromatic nitrogens is 1. The van der Waals surface area contributed by atoms with Crippen LogP contribution in [-0.2, 0) is 13.0 Å². The van der Waals surface area contributed by atoms with Gasteiger partial charge in [-0.3, -0.25) is 4.98 Å². The van der Waals surface area contributed by atoms with Crippen molar-refractivity contribution >= 4 is 17.3 Å². The first kappa shape index (κ1) is 12.6. The highest BCUT2D eigenvalue weighted by molar-refractivity contribution is 7.09. The maximum atomic E-state index is 5.78. The summed E-state index contributed by atoms with van der Waals surface area (Å²) in [6.07, 6.45) is 4.51. The van der Waals surface area contributed by atoms with E-state index >= 15 is 0 Å². The predicted molar refractivity (Wildman–Crippen MR) is 75.6 cm³/mol. The Bertz CT molecular complexity index is 479. The highest BCUT2D eigenvalue weighted by Crippen LogP contribution is 2.07. The van der Waals surface area contributed by atoms with Gasteiger partial charge in [0.2, 0.25) is 0 Å². The molecule has 0 aliphatic heterocycles. The SMILES string of the molecule is NC(=NCc1cccnc1)NCCc1cccs1. The third-order valence-electron chi connectivity index (χ3n) is 2.41. The highest BCUT2D eigenvalue weighted by atomic mass is 32.1. The molecule has 0 amide bonds. The molecule has 0 unspecified atom stereocenters. The first-order chi connectivity index (χ1) is 8.84. The van der Waals surface area contributed by atoms with Crippen LogP contribution in [0.25, 0.3) is 0 Å². The lowest BCUT2D eigenvalue weighted by atomic mass is 10.3. The van der Waals surface area contributed by atoms with Crippen LogP contribution in [0.2, 0.25) is 0 Å². The zero-order valence-electron chi connectivity index (χ0n) is 10.0. The third kappa shape index (κ3) is 4.18. The Hall–Kier alpha value is -1.88. The molecular weight excluding hydrogens is 244 g/mol. The van der Waals surface area contributed by atoms with Crippen LogP contribution in [-0.4, -0.2) is 17.5 Å². The van der Waals surface area contributed by atoms with E-state index in [9.17, 15) is 0 Å². The molecule has 0 aliphatic carbocycles. The third-order valence-corrected chi connectivity index (χ3v) is 3.35. The van der Waals surface area contributed by atoms with Crippen molar-refractivity contribution in [3.05, 3.63) is 52.5 Å². The van der Waals surface area contributed by atoms with Crippen LogP contribution in [0, 0.1) is 0 Å². The summed E-state index contributed by atoms with van der Waals surface area (Å²) in [7, 11) is 0. The van der Waals surface area contributed by atoms with E-state index in [0.29, 0.717) is 12.5 Å². The van der Waals surface area contributed by atoms with Gasteiger partial charge in [0, 0.05) is 23.8 Å². The summed E-state index contributed by atoms with van der Waals surface area (Å²) in [5.41, 5.74) is 6.84. The van der Waals surface area contributed by atoms with Crippen molar-refractivity contribution in [3.8, 4) is 0 Å². The largest absolute Gasteiger partial charge is 0.370 e. The molecule has 0 aliphatic rings. The van der Waals surface area contributed by atoms with Crippen molar-refractivity contribution in [1.29, 1.82) is 0 Å². The van der Waals surface area contributed by atoms with E-state index in [4.69, 9.17) is 5.73 Å². The summed E-state index contributed by atoms with van der Waals surface area (Å²) < 4.78 is 0. The van der Waals surface area contributed by atoms with Crippen molar-refractivity contribution in [2.75, 3.05) is 6.54 Å². The summed E-state index contributed by atoms with van der Waals surface area (Å²) >= 11 is 1.76. The summed E-state index contributed by atoms with van der Waals surface area (Å²) in [6, 6.07) is 8.05. The minimum Gasteiger partial charge on any atom is -0.370 e. The average molecular weight is 260 g/mol. The number of hydrogen-bond donors (Lipinski definition) is 2. The van der Waals surface area contributed by atoms with Crippen LogP contribution in [0.1, 0.15) is 10.4 Å². The van der Waals surface area contributed by atoms with Crippen molar-refractivity contribution in [2.24, 2.45) is 10.7 Å². The number of nitrogens with zero attached hydrogens (tertiary/aromatic N) is 2. The van der Waals surface area contributed by atoms with E-state index in [1.54, 1.807) is 23.7 Å². The Morgan fingerprint density at radius 3 is 3.06 bits per heavy atom. The molecule has 5 heteroatoms. The zero-order valence-corrected chi connectivity index (χ0v) is 10.9. The standard InChI is InChI=1S/C13H16N4S/c14-13(16-7-5-12-4-2-8-18-12)17-10-11-3-1-6-15-9-11/h1-4,6,8-9H,5,7,10H2,(H3,14,16,17). The van der Waals surface area contributed by atoms with Crippen molar-refractivity contribution in [1.82, 2.24) is 10.3 Å². The van der Waals surface area contributed by atoms with Gasteiger partial charge in [-0.05, 0) is 29.5 Å². The monoisotopic (exact) mass is 260 g/mol. The molecule has 3 N–H and O–H groups in total. The van der Waals surface area contributed by atoms with Gasteiger partial charge in [0.05, 0.1) is 6.54 Å². The zero-order chi connectivity index (χ0) is 12.6. The van der Waals surface area contributed by atoms with E-state index < -0.39 is 0 Å². The molecule has 18 heavy (non-hydrogen) atoms. The number of thiophene rings is 1. The van der Waals surface area contributed by atoms with Gasteiger partial charge in [-0.2, -0.15) is 0 Å². The summed E-state index contributed by atoms with van der Waals surface area (Å²) in [6.45, 7) is 1.37. The predicted octanol–water partition coefficient (Wildman–Crippen LogP) is 1.79. The summed E-state index contributed by atoms with van der Waals surface area (Å²) in [5.74, 6) is 0.482. The van der Waals surface area contributed by atoms with Crippen molar-refractivity contribution < 1.29 is 0 Å². The van der Waals surface area contributed by atoms with Crippen LogP contribution in [0.15, 0.2) is 47.0 Å². The van der Waals surface area contributed by atoms with Gasteiger partial charge in [0.25, 0.3) is 0 Å². The molecule has 94 valence electrons. The molecule has 2 aromatic heterocycles. The van der Waals surface area contributed by atoms with Crippen LogP contribution >= 0.6 is 11.3 Å². The van der Waals surface area contributed by atoms with Gasteiger partial charge in [-0.25, -0.2) is 4.99 Å². The number of aliphatic imine (C=N–C) groups is 1. The second-order valence-corrected chi connectivity index (χ2v) is 4.85. The maximum absolute atomic E-state index is 5.78. The first-order valence-electron chi connectivity index (χ1n) is 5.79. The molecule has 0 saturated heterocycles. The highest BCUT2D eigenvalue weighted by Gasteiger charge is 1.95. The Morgan fingerprint density at radius 1 is 1.39 bits per heavy atom. The summed E-state index contributed by atoms with van der Waals surface area (Å²) in [4.78, 5) is 9.64. The lowest BCUT2D eigenvalue weighted by Crippen LogP contribution is -2.33. The maximum Gasteiger partial charge on any atom is 0.188 e. The van der Waals surface area contributed by atoms with Gasteiger partial charge >= 0.3 is 0 Å². The lowest BCUT2D eigenvalue weighted by molar-refractivity contribution is 0.856. The van der Waals surface area contributed by atoms with Gasteiger partial charge in [0.1, 0.15) is 0 Å². The van der Waals surface area contributed by atoms with Gasteiger partial charge in [-0.1, -0.05) is 12.1 Å². The lowest BCUT2D eigenvalue weighted by Gasteiger charge is -2.04. The molecule has 0 saturated carbocycles. The van der Waals surface area contributed by atoms with Gasteiger partial charge in [-0.15, -0.1) is 11.3 Å². The van der Waals surface area contributed by atoms with E-state index in [0.717, 1.165) is 18.5 Å². The second-order valence-electron chi connectivity index (χ2n) is 3.82. The first-order valence-corrected chi connectivity index (χ1v) is 6.67. The summed E-state index contributed by atoms with van der Waals surface area (Å²) in [5, 5.41) is 5.18. The van der Waals surface area contributed by atoms with E-state index in [1.165, 1.54) is 4.88 Å². The quantitative estimate of drug-likeness (QED) is 0.636. The molecular formula is C13H16N4S.